The Morgan fingerprint density at radius 3 is 1.25 bits per heavy atom. The van der Waals surface area contributed by atoms with E-state index in [1.54, 1.807) is 53.7 Å². The first-order valence-electron chi connectivity index (χ1n) is 8.88. The van der Waals surface area contributed by atoms with Gasteiger partial charge in [-0.05, 0) is 59.2 Å². The number of benzene rings is 1. The van der Waals surface area contributed by atoms with Crippen molar-refractivity contribution in [2.45, 2.75) is 87.0 Å². The molecular formula is C21H40BrO5Ti-. The summed E-state index contributed by atoms with van der Waals surface area (Å²) in [5.74, 6) is 0.618. The molecule has 0 atom stereocenters. The second-order valence-electron chi connectivity index (χ2n) is 6.98. The molecule has 0 aromatic heterocycles. The van der Waals surface area contributed by atoms with Crippen LogP contribution < -0.4 is 0 Å². The number of carboxylic acids is 1. The molecule has 166 valence electrons. The van der Waals surface area contributed by atoms with Gasteiger partial charge in [0.25, 0.3) is 0 Å². The van der Waals surface area contributed by atoms with Crippen LogP contribution in [0.5, 0.6) is 0 Å². The Morgan fingerprint density at radius 1 is 0.857 bits per heavy atom. The number of carboxylic acid groups (broad SMARTS) is 1. The van der Waals surface area contributed by atoms with Gasteiger partial charge in [-0.3, -0.25) is 4.79 Å². The van der Waals surface area contributed by atoms with E-state index in [4.69, 9.17) is 20.4 Å². The van der Waals surface area contributed by atoms with E-state index in [0.717, 1.165) is 10.0 Å². The monoisotopic (exact) mass is 499 g/mol. The van der Waals surface area contributed by atoms with Crippen molar-refractivity contribution in [3.05, 3.63) is 40.2 Å². The first-order chi connectivity index (χ1) is 12.1. The minimum atomic E-state index is -0.799. The van der Waals surface area contributed by atoms with Gasteiger partial charge in [-0.25, -0.2) is 0 Å². The van der Waals surface area contributed by atoms with Crippen LogP contribution in [0.4, 0.5) is 0 Å². The van der Waals surface area contributed by atoms with Gasteiger partial charge in [-0.2, -0.15) is 20.8 Å². The normalized spacial score (nSPS) is 8.89. The third-order valence-electron chi connectivity index (χ3n) is 1.27. The van der Waals surface area contributed by atoms with Crippen molar-refractivity contribution < 1.29 is 46.9 Å². The van der Waals surface area contributed by atoms with Crippen molar-refractivity contribution in [1.29, 1.82) is 0 Å². The predicted molar refractivity (Wildman–Crippen MR) is 118 cm³/mol. The van der Waals surface area contributed by atoms with Crippen LogP contribution in [0, 0.1) is 5.92 Å². The molecule has 0 spiro atoms. The van der Waals surface area contributed by atoms with Crippen molar-refractivity contribution in [2.24, 2.45) is 0 Å². The van der Waals surface area contributed by atoms with Gasteiger partial charge < -0.3 is 26.3 Å². The van der Waals surface area contributed by atoms with Gasteiger partial charge in [0, 0.05) is 44.5 Å². The number of halogens is 1. The SMILES string of the molecule is CC(C)O.CC(C)O.CC(C)O.C[C-](C)C.O=C(O)Cc1ccc(Br)cc1.[Ti]. The molecule has 0 amide bonds. The molecule has 0 aliphatic rings. The van der Waals surface area contributed by atoms with E-state index in [1.807, 2.05) is 12.1 Å². The molecule has 0 unspecified atom stereocenters. The minimum absolute atomic E-state index is 0. The first kappa shape index (κ1) is 38.4. The van der Waals surface area contributed by atoms with Gasteiger partial charge in [0.2, 0.25) is 0 Å². The van der Waals surface area contributed by atoms with E-state index in [2.05, 4.69) is 36.7 Å². The van der Waals surface area contributed by atoms with E-state index in [0.29, 0.717) is 0 Å². The van der Waals surface area contributed by atoms with E-state index in [9.17, 15) is 4.79 Å². The van der Waals surface area contributed by atoms with Crippen LogP contribution >= 0.6 is 15.9 Å². The summed E-state index contributed by atoms with van der Waals surface area (Å²) < 4.78 is 0.964. The third-order valence-corrected chi connectivity index (χ3v) is 1.80. The molecule has 5 nitrogen and oxygen atoms in total. The smallest absolute Gasteiger partial charge is 0.307 e. The number of aliphatic hydroxyl groups excluding tert-OH is 3. The summed E-state index contributed by atoms with van der Waals surface area (Å²) in [6, 6.07) is 7.24. The number of carbonyl (C=O) groups is 1. The molecule has 0 heterocycles. The molecule has 4 N–H and O–H groups in total. The Morgan fingerprint density at radius 2 is 1.07 bits per heavy atom. The second kappa shape index (κ2) is 26.8. The largest absolute Gasteiger partial charge is 0.481 e. The average Bonchev–Trinajstić information content (AvgIpc) is 2.38. The van der Waals surface area contributed by atoms with Crippen LogP contribution in [0.25, 0.3) is 0 Å². The fraction of sp³-hybridized carbons (Fsp3) is 0.619. The molecule has 0 aliphatic carbocycles. The first-order valence-corrected chi connectivity index (χ1v) is 9.68. The summed E-state index contributed by atoms with van der Waals surface area (Å²) in [6.07, 6.45) is -0.409. The van der Waals surface area contributed by atoms with Crippen LogP contribution in [0.1, 0.15) is 67.9 Å². The molecule has 28 heavy (non-hydrogen) atoms. The standard InChI is InChI=1S/C8H7BrO2.C4H9.3C3H8O.Ti/c9-7-3-1-6(2-4-7)5-8(10)11;1-4(2)3;3*1-3(2)4;/h1-4H,5H2,(H,10,11);1-3H3;3*3-4H,1-2H3;/q;-1;;;;. The zero-order valence-corrected chi connectivity index (χ0v) is 22.0. The maximum atomic E-state index is 10.2. The van der Waals surface area contributed by atoms with Gasteiger partial charge in [-0.1, -0.05) is 28.1 Å². The number of aliphatic carboxylic acids is 1. The molecule has 0 fully saturated rings. The molecule has 1 rings (SSSR count). The molecule has 0 radical (unpaired) electrons. The Bertz CT molecular complexity index is 386. The summed E-state index contributed by atoms with van der Waals surface area (Å²) in [7, 11) is 0. The molecule has 0 aliphatic heterocycles. The van der Waals surface area contributed by atoms with Gasteiger partial charge in [0.15, 0.2) is 0 Å². The van der Waals surface area contributed by atoms with E-state index >= 15 is 0 Å². The van der Waals surface area contributed by atoms with Gasteiger partial charge in [-0.15, -0.1) is 0 Å². The predicted octanol–water partition coefficient (Wildman–Crippen LogP) is 4.86. The Kier molecular flexibility index (Phi) is 36.7. The molecule has 7 heteroatoms. The van der Waals surface area contributed by atoms with Gasteiger partial charge in [0.05, 0.1) is 6.42 Å². The summed E-state index contributed by atoms with van der Waals surface area (Å²) in [5.41, 5.74) is 0.820. The van der Waals surface area contributed by atoms with Crippen LogP contribution in [0.2, 0.25) is 0 Å². The average molecular weight is 500 g/mol. The number of rotatable bonds is 2. The Balaban J connectivity index is -0.0000000879. The van der Waals surface area contributed by atoms with Crippen molar-refractivity contribution in [1.82, 2.24) is 0 Å². The van der Waals surface area contributed by atoms with Crippen LogP contribution in [0.15, 0.2) is 28.7 Å². The zero-order chi connectivity index (χ0) is 22.6. The Labute approximate surface area is 195 Å². The van der Waals surface area contributed by atoms with Gasteiger partial charge >= 0.3 is 5.97 Å². The number of hydrogen-bond donors (Lipinski definition) is 4. The number of aliphatic hydroxyl groups is 3. The summed E-state index contributed by atoms with van der Waals surface area (Å²) in [6.45, 7) is 16.6. The van der Waals surface area contributed by atoms with Crippen LogP contribution in [-0.2, 0) is 32.9 Å². The molecule has 0 saturated heterocycles. The number of hydrogen-bond acceptors (Lipinski definition) is 4. The quantitative estimate of drug-likeness (QED) is 0.344. The van der Waals surface area contributed by atoms with E-state index < -0.39 is 5.97 Å². The topological polar surface area (TPSA) is 98.0 Å². The second-order valence-corrected chi connectivity index (χ2v) is 7.89. The third kappa shape index (κ3) is 83.4. The summed E-state index contributed by atoms with van der Waals surface area (Å²) in [5, 5.41) is 32.6. The fourth-order valence-electron chi connectivity index (χ4n) is 0.777. The maximum Gasteiger partial charge on any atom is 0.307 e. The molecule has 1 aromatic carbocycles. The summed E-state index contributed by atoms with van der Waals surface area (Å²) >= 11 is 3.26. The van der Waals surface area contributed by atoms with Crippen molar-refractivity contribution >= 4 is 21.9 Å². The molecular weight excluding hydrogens is 460 g/mol. The Hall–Kier alpha value is -0.236. The van der Waals surface area contributed by atoms with Gasteiger partial charge in [0.1, 0.15) is 0 Å². The minimum Gasteiger partial charge on any atom is -0.481 e. The van der Waals surface area contributed by atoms with E-state index in [1.165, 1.54) is 5.92 Å². The van der Waals surface area contributed by atoms with Crippen LogP contribution in [-0.4, -0.2) is 44.7 Å². The van der Waals surface area contributed by atoms with Crippen molar-refractivity contribution in [2.75, 3.05) is 0 Å². The summed E-state index contributed by atoms with van der Waals surface area (Å²) in [4.78, 5) is 10.2. The molecule has 0 saturated carbocycles. The van der Waals surface area contributed by atoms with Crippen molar-refractivity contribution in [3.8, 4) is 0 Å². The zero-order valence-electron chi connectivity index (χ0n) is 18.8. The molecule has 1 aromatic rings. The van der Waals surface area contributed by atoms with Crippen molar-refractivity contribution in [3.63, 3.8) is 0 Å². The van der Waals surface area contributed by atoms with Crippen LogP contribution in [0.3, 0.4) is 0 Å². The maximum absolute atomic E-state index is 10.2. The fourth-order valence-corrected chi connectivity index (χ4v) is 1.04. The molecule has 0 bridgehead atoms. The van der Waals surface area contributed by atoms with E-state index in [-0.39, 0.29) is 46.5 Å².